The summed E-state index contributed by atoms with van der Waals surface area (Å²) in [4.78, 5) is 0. The Morgan fingerprint density at radius 1 is 1.50 bits per heavy atom. The largest absolute Gasteiger partial charge is 0.508 e. The molecule has 0 radical (unpaired) electrons. The second-order valence-corrected chi connectivity index (χ2v) is 4.19. The van der Waals surface area contributed by atoms with Crippen molar-refractivity contribution in [3.8, 4) is 5.75 Å². The normalized spacial score (nSPS) is 11.6. The maximum Gasteiger partial charge on any atom is 0.333 e. The van der Waals surface area contributed by atoms with Gasteiger partial charge in [-0.15, -0.1) is 0 Å². The highest BCUT2D eigenvalue weighted by Gasteiger charge is 2.06. The molecule has 0 unspecified atom stereocenters. The molecule has 0 amide bonds. The molecule has 78 valence electrons. The molecule has 0 saturated heterocycles. The summed E-state index contributed by atoms with van der Waals surface area (Å²) in [6.07, 6.45) is 0. The molecule has 0 aromatic heterocycles. The predicted molar refractivity (Wildman–Crippen MR) is 51.0 cm³/mol. The van der Waals surface area contributed by atoms with Gasteiger partial charge in [0.05, 0.1) is 6.61 Å². The second kappa shape index (κ2) is 4.14. The van der Waals surface area contributed by atoms with Crippen molar-refractivity contribution in [2.24, 2.45) is 5.14 Å². The van der Waals surface area contributed by atoms with Crippen LogP contribution in [0.15, 0.2) is 18.2 Å². The van der Waals surface area contributed by atoms with E-state index >= 15 is 0 Å². The first-order chi connectivity index (χ1) is 6.38. The van der Waals surface area contributed by atoms with Crippen LogP contribution in [-0.4, -0.2) is 13.5 Å². The lowest BCUT2D eigenvalue weighted by Crippen LogP contribution is -2.15. The number of phenolic OH excluding ortho intramolecular Hbond substituents is 1. The number of benzene rings is 1. The molecule has 0 heterocycles. The van der Waals surface area contributed by atoms with Crippen molar-refractivity contribution in [3.05, 3.63) is 28.8 Å². The maximum atomic E-state index is 10.4. The van der Waals surface area contributed by atoms with Gasteiger partial charge in [0.1, 0.15) is 5.75 Å². The van der Waals surface area contributed by atoms with E-state index in [2.05, 4.69) is 9.32 Å². The minimum Gasteiger partial charge on any atom is -0.508 e. The number of hydrogen-bond donors (Lipinski definition) is 2. The Labute approximate surface area is 86.3 Å². The number of nitrogens with two attached hydrogens (primary N) is 1. The van der Waals surface area contributed by atoms with Gasteiger partial charge in [0.2, 0.25) is 0 Å². The van der Waals surface area contributed by atoms with E-state index in [1.165, 1.54) is 18.2 Å². The third kappa shape index (κ3) is 3.51. The minimum atomic E-state index is -3.99. The Bertz CT molecular complexity index is 431. The molecule has 0 aliphatic carbocycles. The van der Waals surface area contributed by atoms with E-state index in [1.54, 1.807) is 0 Å². The van der Waals surface area contributed by atoms with Gasteiger partial charge in [0, 0.05) is 10.6 Å². The number of halogens is 1. The van der Waals surface area contributed by atoms with E-state index in [0.29, 0.717) is 10.6 Å². The molecule has 7 heteroatoms. The molecule has 1 aromatic rings. The van der Waals surface area contributed by atoms with Crippen molar-refractivity contribution >= 4 is 21.9 Å². The highest BCUT2D eigenvalue weighted by molar-refractivity contribution is 7.84. The van der Waals surface area contributed by atoms with Gasteiger partial charge in [-0.3, -0.25) is 4.18 Å². The Morgan fingerprint density at radius 2 is 2.14 bits per heavy atom. The summed E-state index contributed by atoms with van der Waals surface area (Å²) in [7, 11) is -3.99. The number of phenols is 1. The van der Waals surface area contributed by atoms with Crippen LogP contribution in [0.4, 0.5) is 0 Å². The number of aromatic hydroxyl groups is 1. The van der Waals surface area contributed by atoms with Gasteiger partial charge < -0.3 is 5.11 Å². The van der Waals surface area contributed by atoms with Crippen LogP contribution in [0.2, 0.25) is 5.02 Å². The third-order valence-electron chi connectivity index (χ3n) is 1.43. The molecule has 5 nitrogen and oxygen atoms in total. The first-order valence-corrected chi connectivity index (χ1v) is 5.38. The molecule has 1 aromatic carbocycles. The second-order valence-electron chi connectivity index (χ2n) is 2.53. The fourth-order valence-corrected chi connectivity index (χ4v) is 1.26. The van der Waals surface area contributed by atoms with E-state index in [1.807, 2.05) is 0 Å². The monoisotopic (exact) mass is 237 g/mol. The van der Waals surface area contributed by atoms with Crippen molar-refractivity contribution in [1.82, 2.24) is 0 Å². The SMILES string of the molecule is NS(=O)(=O)OCc1ccc(Cl)cc1O. The van der Waals surface area contributed by atoms with Crippen LogP contribution < -0.4 is 5.14 Å². The summed E-state index contributed by atoms with van der Waals surface area (Å²) in [5.74, 6) is -0.138. The predicted octanol–water partition coefficient (Wildman–Crippen LogP) is 0.766. The van der Waals surface area contributed by atoms with Crippen LogP contribution in [0, 0.1) is 0 Å². The molecule has 1 rings (SSSR count). The summed E-state index contributed by atoms with van der Waals surface area (Å²) in [5, 5.41) is 14.2. The van der Waals surface area contributed by atoms with Crippen LogP contribution in [0.1, 0.15) is 5.56 Å². The van der Waals surface area contributed by atoms with E-state index in [4.69, 9.17) is 11.6 Å². The van der Waals surface area contributed by atoms with E-state index < -0.39 is 10.3 Å². The minimum absolute atomic E-state index is 0.138. The highest BCUT2D eigenvalue weighted by atomic mass is 35.5. The molecule has 0 fully saturated rings. The molecule has 0 bridgehead atoms. The Kier molecular flexibility index (Phi) is 3.33. The lowest BCUT2D eigenvalue weighted by Gasteiger charge is -2.03. The molecular formula is C7H8ClNO4S. The average molecular weight is 238 g/mol. The third-order valence-corrected chi connectivity index (χ3v) is 2.11. The van der Waals surface area contributed by atoms with Gasteiger partial charge in [0.15, 0.2) is 0 Å². The maximum absolute atomic E-state index is 10.4. The van der Waals surface area contributed by atoms with Gasteiger partial charge in [-0.05, 0) is 12.1 Å². The van der Waals surface area contributed by atoms with Crippen LogP contribution in [0.5, 0.6) is 5.75 Å². The molecule has 0 aliphatic rings. The highest BCUT2D eigenvalue weighted by Crippen LogP contribution is 2.22. The van der Waals surface area contributed by atoms with Crippen molar-refractivity contribution in [3.63, 3.8) is 0 Å². The zero-order valence-corrected chi connectivity index (χ0v) is 8.55. The molecule has 3 N–H and O–H groups in total. The molecule has 0 aliphatic heterocycles. The fourth-order valence-electron chi connectivity index (χ4n) is 0.805. The van der Waals surface area contributed by atoms with E-state index in [0.717, 1.165) is 0 Å². The smallest absolute Gasteiger partial charge is 0.333 e. The van der Waals surface area contributed by atoms with Crippen molar-refractivity contribution in [2.75, 3.05) is 0 Å². The van der Waals surface area contributed by atoms with Gasteiger partial charge in [-0.1, -0.05) is 17.7 Å². The summed E-state index contributed by atoms with van der Waals surface area (Å²) >= 11 is 5.56. The van der Waals surface area contributed by atoms with Gasteiger partial charge in [-0.2, -0.15) is 8.42 Å². The lowest BCUT2D eigenvalue weighted by molar-refractivity contribution is 0.302. The Hall–Kier alpha value is -0.820. The summed E-state index contributed by atoms with van der Waals surface area (Å²) in [6, 6.07) is 4.23. The topological polar surface area (TPSA) is 89.6 Å². The molecule has 0 atom stereocenters. The van der Waals surface area contributed by atoms with Crippen LogP contribution in [-0.2, 0) is 21.1 Å². The number of rotatable bonds is 3. The average Bonchev–Trinajstić information content (AvgIpc) is 2.00. The Balaban J connectivity index is 2.78. The first kappa shape index (κ1) is 11.3. The summed E-state index contributed by atoms with van der Waals surface area (Å²) in [5.41, 5.74) is 0.295. The summed E-state index contributed by atoms with van der Waals surface area (Å²) < 4.78 is 25.1. The molecular weight excluding hydrogens is 230 g/mol. The van der Waals surface area contributed by atoms with Crippen LogP contribution >= 0.6 is 11.6 Å². The molecule has 0 saturated carbocycles. The van der Waals surface area contributed by atoms with Crippen molar-refractivity contribution in [2.45, 2.75) is 6.61 Å². The van der Waals surface area contributed by atoms with Gasteiger partial charge in [0.25, 0.3) is 0 Å². The van der Waals surface area contributed by atoms with Crippen LogP contribution in [0.3, 0.4) is 0 Å². The summed E-state index contributed by atoms with van der Waals surface area (Å²) in [6.45, 7) is -0.318. The number of hydrogen-bond acceptors (Lipinski definition) is 4. The van der Waals surface area contributed by atoms with Crippen LogP contribution in [0.25, 0.3) is 0 Å². The zero-order valence-electron chi connectivity index (χ0n) is 6.97. The van der Waals surface area contributed by atoms with Gasteiger partial charge >= 0.3 is 10.3 Å². The van der Waals surface area contributed by atoms with Crippen molar-refractivity contribution in [1.29, 1.82) is 0 Å². The molecule has 0 spiro atoms. The quantitative estimate of drug-likeness (QED) is 0.812. The zero-order chi connectivity index (χ0) is 10.8. The van der Waals surface area contributed by atoms with Crippen molar-refractivity contribution < 1.29 is 17.7 Å². The first-order valence-electron chi connectivity index (χ1n) is 3.53. The van der Waals surface area contributed by atoms with E-state index in [9.17, 15) is 13.5 Å². The Morgan fingerprint density at radius 3 is 2.64 bits per heavy atom. The lowest BCUT2D eigenvalue weighted by atomic mass is 10.2. The standard InChI is InChI=1S/C7H8ClNO4S/c8-6-2-1-5(7(10)3-6)4-13-14(9,11)12/h1-3,10H,4H2,(H2,9,11,12). The molecule has 14 heavy (non-hydrogen) atoms. The van der Waals surface area contributed by atoms with E-state index in [-0.39, 0.29) is 12.4 Å². The fraction of sp³-hybridized carbons (Fsp3) is 0.143. The van der Waals surface area contributed by atoms with Gasteiger partial charge in [-0.25, -0.2) is 5.14 Å².